The highest BCUT2D eigenvalue weighted by atomic mass is 79.9. The van der Waals surface area contributed by atoms with Crippen molar-refractivity contribution in [3.05, 3.63) is 44.0 Å². The fourth-order valence-corrected chi connectivity index (χ4v) is 9.43. The number of hydrogen-bond acceptors (Lipinski definition) is 5. The molecule has 0 aliphatic carbocycles. The lowest BCUT2D eigenvalue weighted by molar-refractivity contribution is 1.94. The standard InChI is InChI=1S/C16H6Br2S5/c17-13-3-1-7(20-13)9-5-11-15(22-9)16-12(19-11)6-10(23-16)8-2-4-14(18)21-8/h1-6H. The molecule has 0 spiro atoms. The van der Waals surface area contributed by atoms with E-state index in [9.17, 15) is 0 Å². The van der Waals surface area contributed by atoms with Gasteiger partial charge in [-0.2, -0.15) is 0 Å². The van der Waals surface area contributed by atoms with Crippen molar-refractivity contribution >= 4 is 107 Å². The zero-order valence-corrected chi connectivity index (χ0v) is 18.5. The minimum atomic E-state index is 1.19. The summed E-state index contributed by atoms with van der Waals surface area (Å²) in [5, 5.41) is 0. The fourth-order valence-electron chi connectivity index (χ4n) is 2.47. The first-order valence-electron chi connectivity index (χ1n) is 6.65. The Morgan fingerprint density at radius 2 is 1.00 bits per heavy atom. The molecular weight excluding hydrogens is 512 g/mol. The summed E-state index contributed by atoms with van der Waals surface area (Å²) in [5.74, 6) is 0. The molecule has 0 bridgehead atoms. The molecule has 0 aliphatic rings. The Morgan fingerprint density at radius 1 is 0.522 bits per heavy atom. The second-order valence-corrected chi connectivity index (χ2v) is 13.0. The summed E-state index contributed by atoms with van der Waals surface area (Å²) < 4.78 is 8.09. The first kappa shape index (κ1) is 15.3. The molecule has 0 aliphatic heterocycles. The van der Waals surface area contributed by atoms with Crippen molar-refractivity contribution in [1.82, 2.24) is 0 Å². The molecular formula is C16H6Br2S5. The summed E-state index contributed by atoms with van der Waals surface area (Å²) in [7, 11) is 0. The van der Waals surface area contributed by atoms with Gasteiger partial charge in [0.15, 0.2) is 0 Å². The van der Waals surface area contributed by atoms with Gasteiger partial charge in [0, 0.05) is 28.9 Å². The molecule has 5 aromatic rings. The summed E-state index contributed by atoms with van der Waals surface area (Å²) in [6.45, 7) is 0. The van der Waals surface area contributed by atoms with Crippen LogP contribution in [0.5, 0.6) is 0 Å². The third kappa shape index (κ3) is 2.61. The Balaban J connectivity index is 1.67. The quantitative estimate of drug-likeness (QED) is 0.219. The lowest BCUT2D eigenvalue weighted by atomic mass is 10.3. The van der Waals surface area contributed by atoms with Crippen molar-refractivity contribution in [2.45, 2.75) is 0 Å². The molecule has 0 nitrogen and oxygen atoms in total. The predicted octanol–water partition coefficient (Wildman–Crippen LogP) is 9.16. The van der Waals surface area contributed by atoms with E-state index in [1.807, 2.05) is 34.0 Å². The van der Waals surface area contributed by atoms with Gasteiger partial charge in [0.05, 0.1) is 17.0 Å². The Hall–Kier alpha value is -0.0200. The maximum atomic E-state index is 3.56. The van der Waals surface area contributed by atoms with Gasteiger partial charge in [-0.25, -0.2) is 0 Å². The van der Waals surface area contributed by atoms with Gasteiger partial charge in [-0.05, 0) is 68.3 Å². The highest BCUT2D eigenvalue weighted by Gasteiger charge is 2.16. The molecule has 0 saturated carbocycles. The van der Waals surface area contributed by atoms with Crippen molar-refractivity contribution < 1.29 is 0 Å². The largest absolute Gasteiger partial charge is 0.133 e. The van der Waals surface area contributed by atoms with Gasteiger partial charge in [-0.1, -0.05) is 0 Å². The minimum absolute atomic E-state index is 1.19. The maximum Gasteiger partial charge on any atom is 0.0705 e. The topological polar surface area (TPSA) is 0 Å². The Bertz CT molecular complexity index is 1060. The Labute approximate surface area is 169 Å². The monoisotopic (exact) mass is 516 g/mol. The van der Waals surface area contributed by atoms with E-state index >= 15 is 0 Å². The van der Waals surface area contributed by atoms with Crippen molar-refractivity contribution in [2.24, 2.45) is 0 Å². The van der Waals surface area contributed by atoms with Crippen LogP contribution in [0, 0.1) is 0 Å². The molecule has 5 aromatic heterocycles. The van der Waals surface area contributed by atoms with Crippen LogP contribution < -0.4 is 0 Å². The smallest absolute Gasteiger partial charge is 0.0705 e. The molecule has 5 heterocycles. The average molecular weight is 518 g/mol. The summed E-state index contributed by atoms with van der Waals surface area (Å²) in [4.78, 5) is 5.44. The molecule has 0 fully saturated rings. The molecule has 0 N–H and O–H groups in total. The molecule has 0 amide bonds. The average Bonchev–Trinajstić information content (AvgIpc) is 3.24. The van der Waals surface area contributed by atoms with Crippen LogP contribution in [0.4, 0.5) is 0 Å². The van der Waals surface area contributed by atoms with Crippen LogP contribution in [0.15, 0.2) is 44.0 Å². The van der Waals surface area contributed by atoms with E-state index in [0.29, 0.717) is 0 Å². The Kier molecular flexibility index (Phi) is 3.82. The second kappa shape index (κ2) is 5.76. The van der Waals surface area contributed by atoms with Gasteiger partial charge in [-0.3, -0.25) is 0 Å². The van der Waals surface area contributed by atoms with Gasteiger partial charge < -0.3 is 0 Å². The molecule has 0 saturated heterocycles. The van der Waals surface area contributed by atoms with E-state index < -0.39 is 0 Å². The summed E-state index contributed by atoms with van der Waals surface area (Å²) >= 11 is 16.5. The van der Waals surface area contributed by atoms with Crippen LogP contribution in [-0.4, -0.2) is 0 Å². The highest BCUT2D eigenvalue weighted by molar-refractivity contribution is 9.11. The van der Waals surface area contributed by atoms with Crippen LogP contribution in [0.3, 0.4) is 0 Å². The van der Waals surface area contributed by atoms with Gasteiger partial charge in [0.25, 0.3) is 0 Å². The van der Waals surface area contributed by atoms with Crippen molar-refractivity contribution in [3.63, 3.8) is 0 Å². The van der Waals surface area contributed by atoms with Crippen LogP contribution in [0.1, 0.15) is 0 Å². The predicted molar refractivity (Wildman–Crippen MR) is 117 cm³/mol. The SMILES string of the molecule is Brc1ccc(-c2cc3sc4cc(-c5ccc(Br)s5)sc4c3s2)s1. The van der Waals surface area contributed by atoms with Crippen molar-refractivity contribution in [2.75, 3.05) is 0 Å². The van der Waals surface area contributed by atoms with Gasteiger partial charge in [0.2, 0.25) is 0 Å². The lowest BCUT2D eigenvalue weighted by Crippen LogP contribution is -1.57. The molecule has 7 heteroatoms. The first-order chi connectivity index (χ1) is 11.2. The molecule has 0 aromatic carbocycles. The van der Waals surface area contributed by atoms with Crippen LogP contribution in [0.2, 0.25) is 0 Å². The number of thiophene rings is 5. The molecule has 0 atom stereocenters. The normalized spacial score (nSPS) is 11.9. The van der Waals surface area contributed by atoms with Gasteiger partial charge >= 0.3 is 0 Å². The van der Waals surface area contributed by atoms with Crippen LogP contribution in [0.25, 0.3) is 38.3 Å². The minimum Gasteiger partial charge on any atom is -0.133 e. The number of rotatable bonds is 2. The zero-order chi connectivity index (χ0) is 15.6. The molecule has 0 unspecified atom stereocenters. The van der Waals surface area contributed by atoms with E-state index in [4.69, 9.17) is 0 Å². The van der Waals surface area contributed by atoms with E-state index in [2.05, 4.69) is 68.3 Å². The van der Waals surface area contributed by atoms with Gasteiger partial charge in [0.1, 0.15) is 0 Å². The number of halogens is 2. The lowest BCUT2D eigenvalue weighted by Gasteiger charge is -1.87. The van der Waals surface area contributed by atoms with E-state index in [0.717, 1.165) is 0 Å². The van der Waals surface area contributed by atoms with E-state index in [1.54, 1.807) is 22.7 Å². The van der Waals surface area contributed by atoms with E-state index in [1.165, 1.54) is 45.9 Å². The number of fused-ring (bicyclic) bond motifs is 3. The van der Waals surface area contributed by atoms with E-state index in [-0.39, 0.29) is 0 Å². The first-order valence-corrected chi connectivity index (χ1v) is 12.3. The Morgan fingerprint density at radius 3 is 1.39 bits per heavy atom. The summed E-state index contributed by atoms with van der Waals surface area (Å²) in [5.41, 5.74) is 0. The highest BCUT2D eigenvalue weighted by Crippen LogP contribution is 2.49. The number of hydrogen-bond donors (Lipinski definition) is 0. The molecule has 114 valence electrons. The summed E-state index contributed by atoms with van der Waals surface area (Å²) in [6, 6.07) is 13.3. The van der Waals surface area contributed by atoms with Crippen molar-refractivity contribution in [3.8, 4) is 19.5 Å². The molecule has 5 rings (SSSR count). The second-order valence-electron chi connectivity index (χ2n) is 4.92. The molecule has 0 radical (unpaired) electrons. The third-order valence-corrected chi connectivity index (χ3v) is 10.9. The van der Waals surface area contributed by atoms with Crippen LogP contribution in [-0.2, 0) is 0 Å². The zero-order valence-electron chi connectivity index (χ0n) is 11.3. The van der Waals surface area contributed by atoms with Crippen LogP contribution >= 0.6 is 88.5 Å². The third-order valence-electron chi connectivity index (χ3n) is 3.45. The molecule has 23 heavy (non-hydrogen) atoms. The maximum absolute atomic E-state index is 3.56. The fraction of sp³-hybridized carbons (Fsp3) is 0. The van der Waals surface area contributed by atoms with Crippen molar-refractivity contribution in [1.29, 1.82) is 0 Å². The van der Waals surface area contributed by atoms with Gasteiger partial charge in [-0.15, -0.1) is 56.7 Å². The summed E-state index contributed by atoms with van der Waals surface area (Å²) in [6.07, 6.45) is 0.